The molecule has 1 atom stereocenters. The molecule has 0 fully saturated rings. The summed E-state index contributed by atoms with van der Waals surface area (Å²) in [6, 6.07) is 4.42. The van der Waals surface area contributed by atoms with Gasteiger partial charge in [0, 0.05) is 17.3 Å². The number of hydrogen-bond donors (Lipinski definition) is 1. The van der Waals surface area contributed by atoms with Gasteiger partial charge in [0.1, 0.15) is 12.1 Å². The van der Waals surface area contributed by atoms with E-state index in [4.69, 9.17) is 0 Å². The van der Waals surface area contributed by atoms with Crippen LogP contribution in [0, 0.1) is 5.82 Å². The SMILES string of the molecule is CC(O)(CC=O)Cc1cc(F)cc(Br)c1. The Bertz CT molecular complexity index is 343. The molecule has 0 saturated heterocycles. The van der Waals surface area contributed by atoms with Crippen molar-refractivity contribution in [2.75, 3.05) is 0 Å². The van der Waals surface area contributed by atoms with E-state index in [2.05, 4.69) is 15.9 Å². The third-order valence-electron chi connectivity index (χ3n) is 2.03. The third kappa shape index (κ3) is 4.10. The van der Waals surface area contributed by atoms with Gasteiger partial charge in [-0.15, -0.1) is 0 Å². The molecule has 0 radical (unpaired) electrons. The average Bonchev–Trinajstić information content (AvgIpc) is 1.99. The lowest BCUT2D eigenvalue weighted by Crippen LogP contribution is -2.27. The summed E-state index contributed by atoms with van der Waals surface area (Å²) in [5.41, 5.74) is -0.455. The van der Waals surface area contributed by atoms with E-state index in [9.17, 15) is 14.3 Å². The zero-order chi connectivity index (χ0) is 11.5. The van der Waals surface area contributed by atoms with Crippen LogP contribution in [0.3, 0.4) is 0 Å². The standard InChI is InChI=1S/C11H12BrFO2/c1-11(15,2-3-14)7-8-4-9(12)6-10(13)5-8/h3-6,15H,2,7H2,1H3. The molecule has 0 aliphatic carbocycles. The van der Waals surface area contributed by atoms with Crippen molar-refractivity contribution < 1.29 is 14.3 Å². The number of carbonyl (C=O) groups excluding carboxylic acids is 1. The van der Waals surface area contributed by atoms with E-state index in [0.717, 1.165) is 0 Å². The van der Waals surface area contributed by atoms with Crippen LogP contribution in [0.25, 0.3) is 0 Å². The minimum absolute atomic E-state index is 0.0428. The van der Waals surface area contributed by atoms with Gasteiger partial charge in [-0.2, -0.15) is 0 Å². The molecule has 82 valence electrons. The van der Waals surface area contributed by atoms with E-state index >= 15 is 0 Å². The fraction of sp³-hybridized carbons (Fsp3) is 0.364. The van der Waals surface area contributed by atoms with Gasteiger partial charge in [-0.05, 0) is 30.7 Å². The summed E-state index contributed by atoms with van der Waals surface area (Å²) in [5, 5.41) is 9.78. The highest BCUT2D eigenvalue weighted by molar-refractivity contribution is 9.10. The second-order valence-corrected chi connectivity index (χ2v) is 4.74. The summed E-state index contributed by atoms with van der Waals surface area (Å²) in [6.45, 7) is 1.56. The van der Waals surface area contributed by atoms with Gasteiger partial charge in [0.25, 0.3) is 0 Å². The second-order valence-electron chi connectivity index (χ2n) is 3.82. The molecule has 1 unspecified atom stereocenters. The molecular weight excluding hydrogens is 263 g/mol. The largest absolute Gasteiger partial charge is 0.389 e. The van der Waals surface area contributed by atoms with Crippen LogP contribution in [-0.4, -0.2) is 17.0 Å². The number of aldehydes is 1. The lowest BCUT2D eigenvalue weighted by molar-refractivity contribution is -0.111. The van der Waals surface area contributed by atoms with Crippen LogP contribution in [0.1, 0.15) is 18.9 Å². The van der Waals surface area contributed by atoms with Crippen LogP contribution in [-0.2, 0) is 11.2 Å². The van der Waals surface area contributed by atoms with Crippen molar-refractivity contribution >= 4 is 22.2 Å². The van der Waals surface area contributed by atoms with E-state index in [1.54, 1.807) is 13.0 Å². The fourth-order valence-electron chi connectivity index (χ4n) is 1.40. The number of aliphatic hydroxyl groups is 1. The summed E-state index contributed by atoms with van der Waals surface area (Å²) in [6.07, 6.45) is 0.956. The lowest BCUT2D eigenvalue weighted by atomic mass is 9.94. The molecule has 0 aliphatic rings. The van der Waals surface area contributed by atoms with E-state index in [1.807, 2.05) is 0 Å². The topological polar surface area (TPSA) is 37.3 Å². The summed E-state index contributed by atoms with van der Waals surface area (Å²) in [4.78, 5) is 10.3. The maximum Gasteiger partial charge on any atom is 0.124 e. The predicted octanol–water partition coefficient (Wildman–Crippen LogP) is 2.47. The van der Waals surface area contributed by atoms with Crippen LogP contribution in [0.5, 0.6) is 0 Å². The molecular formula is C11H12BrFO2. The zero-order valence-electron chi connectivity index (χ0n) is 8.34. The van der Waals surface area contributed by atoms with Crippen molar-refractivity contribution in [1.29, 1.82) is 0 Å². The molecule has 0 aromatic heterocycles. The highest BCUT2D eigenvalue weighted by atomic mass is 79.9. The molecule has 2 nitrogen and oxygen atoms in total. The van der Waals surface area contributed by atoms with Gasteiger partial charge >= 0.3 is 0 Å². The summed E-state index contributed by atoms with van der Waals surface area (Å²) >= 11 is 3.17. The van der Waals surface area contributed by atoms with Crippen molar-refractivity contribution in [1.82, 2.24) is 0 Å². The van der Waals surface area contributed by atoms with Crippen molar-refractivity contribution in [3.63, 3.8) is 0 Å². The Kier molecular flexibility index (Phi) is 3.99. The molecule has 15 heavy (non-hydrogen) atoms. The first-order chi connectivity index (χ1) is 6.93. The first-order valence-electron chi connectivity index (χ1n) is 4.54. The molecule has 1 aromatic carbocycles. The Morgan fingerprint density at radius 1 is 1.53 bits per heavy atom. The third-order valence-corrected chi connectivity index (χ3v) is 2.49. The fourth-order valence-corrected chi connectivity index (χ4v) is 1.92. The summed E-state index contributed by atoms with van der Waals surface area (Å²) in [7, 11) is 0. The van der Waals surface area contributed by atoms with Gasteiger partial charge in [0.05, 0.1) is 5.60 Å². The van der Waals surface area contributed by atoms with Crippen LogP contribution in [0.15, 0.2) is 22.7 Å². The van der Waals surface area contributed by atoms with Crippen LogP contribution in [0.2, 0.25) is 0 Å². The van der Waals surface area contributed by atoms with Crippen LogP contribution >= 0.6 is 15.9 Å². The van der Waals surface area contributed by atoms with Crippen molar-refractivity contribution in [3.8, 4) is 0 Å². The Morgan fingerprint density at radius 2 is 2.20 bits per heavy atom. The number of halogens is 2. The molecule has 4 heteroatoms. The molecule has 1 aromatic rings. The van der Waals surface area contributed by atoms with Crippen LogP contribution in [0.4, 0.5) is 4.39 Å². The van der Waals surface area contributed by atoms with Gasteiger partial charge in [0.15, 0.2) is 0 Å². The van der Waals surface area contributed by atoms with Gasteiger partial charge in [-0.3, -0.25) is 0 Å². The molecule has 0 spiro atoms. The number of benzene rings is 1. The Balaban J connectivity index is 2.84. The highest BCUT2D eigenvalue weighted by Gasteiger charge is 2.20. The molecule has 0 aliphatic heterocycles. The maximum atomic E-state index is 13.0. The lowest BCUT2D eigenvalue weighted by Gasteiger charge is -2.20. The molecule has 0 saturated carbocycles. The van der Waals surface area contributed by atoms with E-state index in [0.29, 0.717) is 16.3 Å². The zero-order valence-corrected chi connectivity index (χ0v) is 9.92. The number of carbonyl (C=O) groups is 1. The number of hydrogen-bond acceptors (Lipinski definition) is 2. The maximum absolute atomic E-state index is 13.0. The molecule has 0 heterocycles. The van der Waals surface area contributed by atoms with Crippen LogP contribution < -0.4 is 0 Å². The number of rotatable bonds is 4. The minimum Gasteiger partial charge on any atom is -0.389 e. The van der Waals surface area contributed by atoms with Crippen molar-refractivity contribution in [3.05, 3.63) is 34.1 Å². The normalized spacial score (nSPS) is 14.7. The predicted molar refractivity (Wildman–Crippen MR) is 59.1 cm³/mol. The molecule has 0 amide bonds. The summed E-state index contributed by atoms with van der Waals surface area (Å²) < 4.78 is 13.6. The van der Waals surface area contributed by atoms with E-state index < -0.39 is 5.60 Å². The highest BCUT2D eigenvalue weighted by Crippen LogP contribution is 2.20. The van der Waals surface area contributed by atoms with Gasteiger partial charge in [0.2, 0.25) is 0 Å². The molecule has 1 rings (SSSR count). The smallest absolute Gasteiger partial charge is 0.124 e. The quantitative estimate of drug-likeness (QED) is 0.857. The Labute approximate surface area is 96.2 Å². The average molecular weight is 275 g/mol. The minimum atomic E-state index is -1.12. The monoisotopic (exact) mass is 274 g/mol. The summed E-state index contributed by atoms with van der Waals surface area (Å²) in [5.74, 6) is -0.360. The Hall–Kier alpha value is -0.740. The first kappa shape index (κ1) is 12.3. The van der Waals surface area contributed by atoms with E-state index in [1.165, 1.54) is 12.1 Å². The second kappa shape index (κ2) is 4.86. The van der Waals surface area contributed by atoms with Gasteiger partial charge < -0.3 is 9.90 Å². The first-order valence-corrected chi connectivity index (χ1v) is 5.33. The van der Waals surface area contributed by atoms with Gasteiger partial charge in [-0.1, -0.05) is 15.9 Å². The Morgan fingerprint density at radius 3 is 2.73 bits per heavy atom. The van der Waals surface area contributed by atoms with Crippen molar-refractivity contribution in [2.45, 2.75) is 25.4 Å². The molecule has 1 N–H and O–H groups in total. The molecule has 0 bridgehead atoms. The van der Waals surface area contributed by atoms with Gasteiger partial charge in [-0.25, -0.2) is 4.39 Å². The van der Waals surface area contributed by atoms with Crippen molar-refractivity contribution in [2.24, 2.45) is 0 Å². The van der Waals surface area contributed by atoms with E-state index in [-0.39, 0.29) is 18.7 Å².